The predicted octanol–water partition coefficient (Wildman–Crippen LogP) is 1.48. The first-order valence-electron chi connectivity index (χ1n) is 7.37. The van der Waals surface area contributed by atoms with Crippen molar-refractivity contribution in [2.45, 2.75) is 25.8 Å². The molecule has 21 heavy (non-hydrogen) atoms. The third-order valence-corrected chi connectivity index (χ3v) is 3.75. The van der Waals surface area contributed by atoms with E-state index in [1.54, 1.807) is 31.3 Å². The van der Waals surface area contributed by atoms with Crippen molar-refractivity contribution in [3.8, 4) is 5.75 Å². The Bertz CT molecular complexity index is 499. The first-order chi connectivity index (χ1) is 10.2. The van der Waals surface area contributed by atoms with Crippen molar-refractivity contribution in [2.75, 3.05) is 26.7 Å². The molecule has 1 aromatic carbocycles. The summed E-state index contributed by atoms with van der Waals surface area (Å²) in [6, 6.07) is 6.98. The maximum absolute atomic E-state index is 12.3. The summed E-state index contributed by atoms with van der Waals surface area (Å²) in [7, 11) is 1.63. The van der Waals surface area contributed by atoms with Gasteiger partial charge in [0.25, 0.3) is 0 Å². The van der Waals surface area contributed by atoms with Crippen molar-refractivity contribution < 1.29 is 14.3 Å². The van der Waals surface area contributed by atoms with Crippen molar-refractivity contribution in [3.63, 3.8) is 0 Å². The Morgan fingerprint density at radius 2 is 2.05 bits per heavy atom. The van der Waals surface area contributed by atoms with Gasteiger partial charge in [-0.05, 0) is 50.6 Å². The number of rotatable bonds is 6. The molecule has 1 heterocycles. The van der Waals surface area contributed by atoms with Gasteiger partial charge < -0.3 is 10.1 Å². The van der Waals surface area contributed by atoms with Gasteiger partial charge in [0.2, 0.25) is 5.91 Å². The monoisotopic (exact) mass is 290 g/mol. The van der Waals surface area contributed by atoms with Crippen LogP contribution in [0.5, 0.6) is 5.75 Å². The lowest BCUT2D eigenvalue weighted by atomic mass is 10.1. The number of hydrogen-bond acceptors (Lipinski definition) is 4. The molecule has 0 bridgehead atoms. The number of carbonyl (C=O) groups excluding carboxylic acids is 2. The van der Waals surface area contributed by atoms with Gasteiger partial charge in [-0.2, -0.15) is 0 Å². The quantitative estimate of drug-likeness (QED) is 0.806. The van der Waals surface area contributed by atoms with Gasteiger partial charge in [0.15, 0.2) is 5.78 Å². The van der Waals surface area contributed by atoms with E-state index in [0.717, 1.165) is 25.1 Å². The number of Topliss-reactive ketones (excluding diaryl/α,β-unsaturated/α-hetero) is 1. The summed E-state index contributed by atoms with van der Waals surface area (Å²) < 4.78 is 5.36. The average Bonchev–Trinajstić information content (AvgIpc) is 2.95. The highest BCUT2D eigenvalue weighted by Gasteiger charge is 2.31. The minimum Gasteiger partial charge on any atom is -0.494 e. The van der Waals surface area contributed by atoms with Crippen molar-refractivity contribution in [1.82, 2.24) is 10.2 Å². The maximum atomic E-state index is 12.3. The Morgan fingerprint density at radius 1 is 1.33 bits per heavy atom. The number of ketones is 1. The number of amides is 1. The molecule has 0 spiro atoms. The minimum atomic E-state index is -0.179. The van der Waals surface area contributed by atoms with E-state index in [-0.39, 0.29) is 24.3 Å². The lowest BCUT2D eigenvalue weighted by molar-refractivity contribution is -0.124. The lowest BCUT2D eigenvalue weighted by Gasteiger charge is -2.22. The minimum absolute atomic E-state index is 0.00741. The third kappa shape index (κ3) is 3.82. The molecule has 5 nitrogen and oxygen atoms in total. The fourth-order valence-electron chi connectivity index (χ4n) is 2.66. The summed E-state index contributed by atoms with van der Waals surface area (Å²) in [6.45, 7) is 3.60. The van der Waals surface area contributed by atoms with Crippen LogP contribution in [0.2, 0.25) is 0 Å². The molecular formula is C16H22N2O3. The van der Waals surface area contributed by atoms with E-state index in [9.17, 15) is 9.59 Å². The molecule has 1 unspecified atom stereocenters. The van der Waals surface area contributed by atoms with Crippen LogP contribution in [0.4, 0.5) is 0 Å². The Hall–Kier alpha value is -1.88. The standard InChI is InChI=1S/C16H22N2O3/c1-3-21-13-8-6-12(7-9-13)15(19)11-18-10-4-5-14(18)16(20)17-2/h6-9,14H,3-5,10-11H2,1-2H3,(H,17,20). The second kappa shape index (κ2) is 7.22. The second-order valence-electron chi connectivity index (χ2n) is 5.12. The Labute approximate surface area is 125 Å². The van der Waals surface area contributed by atoms with Crippen LogP contribution in [0, 0.1) is 0 Å². The molecule has 1 amide bonds. The molecule has 114 valence electrons. The van der Waals surface area contributed by atoms with Crippen LogP contribution < -0.4 is 10.1 Å². The summed E-state index contributed by atoms with van der Waals surface area (Å²) in [5, 5.41) is 2.66. The highest BCUT2D eigenvalue weighted by molar-refractivity contribution is 5.98. The summed E-state index contributed by atoms with van der Waals surface area (Å²) >= 11 is 0. The van der Waals surface area contributed by atoms with Crippen LogP contribution in [-0.2, 0) is 4.79 Å². The van der Waals surface area contributed by atoms with E-state index in [1.807, 2.05) is 11.8 Å². The van der Waals surface area contributed by atoms with E-state index in [1.165, 1.54) is 0 Å². The maximum Gasteiger partial charge on any atom is 0.237 e. The van der Waals surface area contributed by atoms with Gasteiger partial charge in [-0.15, -0.1) is 0 Å². The number of hydrogen-bond donors (Lipinski definition) is 1. The summed E-state index contributed by atoms with van der Waals surface area (Å²) in [6.07, 6.45) is 1.77. The predicted molar refractivity (Wildman–Crippen MR) is 80.6 cm³/mol. The first kappa shape index (κ1) is 15.5. The average molecular weight is 290 g/mol. The van der Waals surface area contributed by atoms with Crippen LogP contribution in [0.3, 0.4) is 0 Å². The number of likely N-dealkylation sites (tertiary alicyclic amines) is 1. The number of benzene rings is 1. The SMILES string of the molecule is CCOc1ccc(C(=O)CN2CCCC2C(=O)NC)cc1. The number of carbonyl (C=O) groups is 2. The first-order valence-corrected chi connectivity index (χ1v) is 7.37. The molecule has 1 atom stereocenters. The van der Waals surface area contributed by atoms with Gasteiger partial charge in [-0.1, -0.05) is 0 Å². The van der Waals surface area contributed by atoms with Crippen LogP contribution >= 0.6 is 0 Å². The van der Waals surface area contributed by atoms with Crippen LogP contribution in [0.1, 0.15) is 30.1 Å². The molecule has 1 aliphatic rings. The zero-order valence-electron chi connectivity index (χ0n) is 12.6. The normalized spacial score (nSPS) is 18.5. The number of nitrogens with one attached hydrogen (secondary N) is 1. The molecule has 0 aliphatic carbocycles. The Balaban J connectivity index is 1.98. The molecule has 0 saturated carbocycles. The second-order valence-corrected chi connectivity index (χ2v) is 5.12. The summed E-state index contributed by atoms with van der Waals surface area (Å²) in [5.41, 5.74) is 0.654. The van der Waals surface area contributed by atoms with E-state index in [0.29, 0.717) is 12.2 Å². The number of ether oxygens (including phenoxy) is 1. The largest absolute Gasteiger partial charge is 0.494 e. The fourth-order valence-corrected chi connectivity index (χ4v) is 2.66. The number of likely N-dealkylation sites (N-methyl/N-ethyl adjacent to an activating group) is 1. The molecule has 0 aromatic heterocycles. The summed E-state index contributed by atoms with van der Waals surface area (Å²) in [4.78, 5) is 26.0. The van der Waals surface area contributed by atoms with Gasteiger partial charge >= 0.3 is 0 Å². The molecule has 1 aromatic rings. The van der Waals surface area contributed by atoms with E-state index in [4.69, 9.17) is 4.74 Å². The highest BCUT2D eigenvalue weighted by Crippen LogP contribution is 2.19. The topological polar surface area (TPSA) is 58.6 Å². The molecule has 0 radical (unpaired) electrons. The molecule has 1 aliphatic heterocycles. The van der Waals surface area contributed by atoms with E-state index in [2.05, 4.69) is 5.32 Å². The van der Waals surface area contributed by atoms with Crippen molar-refractivity contribution in [3.05, 3.63) is 29.8 Å². The van der Waals surface area contributed by atoms with Crippen LogP contribution in [0.15, 0.2) is 24.3 Å². The molecular weight excluding hydrogens is 268 g/mol. The third-order valence-electron chi connectivity index (χ3n) is 3.75. The van der Waals surface area contributed by atoms with Crippen molar-refractivity contribution in [2.24, 2.45) is 0 Å². The Kier molecular flexibility index (Phi) is 5.33. The van der Waals surface area contributed by atoms with Gasteiger partial charge in [-0.3, -0.25) is 14.5 Å². The molecule has 1 N–H and O–H groups in total. The van der Waals surface area contributed by atoms with Crippen LogP contribution in [-0.4, -0.2) is 49.4 Å². The van der Waals surface area contributed by atoms with Crippen molar-refractivity contribution in [1.29, 1.82) is 0 Å². The Morgan fingerprint density at radius 3 is 2.67 bits per heavy atom. The van der Waals surface area contributed by atoms with E-state index < -0.39 is 0 Å². The van der Waals surface area contributed by atoms with Gasteiger partial charge in [0, 0.05) is 12.6 Å². The van der Waals surface area contributed by atoms with Gasteiger partial charge in [0.1, 0.15) is 5.75 Å². The zero-order valence-corrected chi connectivity index (χ0v) is 12.6. The lowest BCUT2D eigenvalue weighted by Crippen LogP contribution is -2.43. The summed E-state index contributed by atoms with van der Waals surface area (Å²) in [5.74, 6) is 0.791. The molecule has 1 saturated heterocycles. The van der Waals surface area contributed by atoms with Gasteiger partial charge in [-0.25, -0.2) is 0 Å². The van der Waals surface area contributed by atoms with Crippen LogP contribution in [0.25, 0.3) is 0 Å². The highest BCUT2D eigenvalue weighted by atomic mass is 16.5. The van der Waals surface area contributed by atoms with Crippen molar-refractivity contribution >= 4 is 11.7 Å². The molecule has 5 heteroatoms. The van der Waals surface area contributed by atoms with E-state index >= 15 is 0 Å². The van der Waals surface area contributed by atoms with Gasteiger partial charge in [0.05, 0.1) is 19.2 Å². The number of nitrogens with zero attached hydrogens (tertiary/aromatic N) is 1. The molecule has 1 fully saturated rings. The zero-order chi connectivity index (χ0) is 15.2. The smallest absolute Gasteiger partial charge is 0.237 e. The fraction of sp³-hybridized carbons (Fsp3) is 0.500. The molecule has 2 rings (SSSR count).